The fourth-order valence-electron chi connectivity index (χ4n) is 2.20. The molecule has 1 heterocycles. The first kappa shape index (κ1) is 13.6. The third-order valence-corrected chi connectivity index (χ3v) is 3.36. The maximum atomic E-state index is 12.1. The van der Waals surface area contributed by atoms with Crippen molar-refractivity contribution in [3.8, 4) is 0 Å². The summed E-state index contributed by atoms with van der Waals surface area (Å²) < 4.78 is 0. The van der Waals surface area contributed by atoms with Gasteiger partial charge in [0.1, 0.15) is 0 Å². The highest BCUT2D eigenvalue weighted by Crippen LogP contribution is 2.09. The van der Waals surface area contributed by atoms with Crippen LogP contribution in [-0.4, -0.2) is 48.9 Å². The molecular weight excluding hydrogens is 238 g/mol. The quantitative estimate of drug-likeness (QED) is 0.646. The van der Waals surface area contributed by atoms with Gasteiger partial charge < -0.3 is 15.5 Å². The van der Waals surface area contributed by atoms with Gasteiger partial charge in [-0.15, -0.1) is 0 Å². The van der Waals surface area contributed by atoms with Crippen LogP contribution in [0.1, 0.15) is 12.0 Å². The summed E-state index contributed by atoms with van der Waals surface area (Å²) in [5, 5.41) is 0. The highest BCUT2D eigenvalue weighted by atomic mass is 16.2. The van der Waals surface area contributed by atoms with E-state index in [-0.39, 0.29) is 5.91 Å². The second-order valence-electron chi connectivity index (χ2n) is 4.99. The Bertz CT molecular complexity index is 470. The number of hydrogen-bond donors (Lipinski definition) is 1. The lowest BCUT2D eigenvalue weighted by Crippen LogP contribution is -2.33. The van der Waals surface area contributed by atoms with E-state index in [0.717, 1.165) is 38.2 Å². The molecule has 2 rings (SSSR count). The minimum absolute atomic E-state index is 0.0812. The van der Waals surface area contributed by atoms with Crippen LogP contribution < -0.4 is 5.73 Å². The Morgan fingerprint density at radius 3 is 2.89 bits per heavy atom. The van der Waals surface area contributed by atoms with E-state index in [1.165, 1.54) is 0 Å². The van der Waals surface area contributed by atoms with Crippen molar-refractivity contribution in [3.05, 3.63) is 35.9 Å². The fourth-order valence-corrected chi connectivity index (χ4v) is 2.20. The van der Waals surface area contributed by atoms with Gasteiger partial charge in [0.2, 0.25) is 5.91 Å². The largest absolute Gasteiger partial charge is 0.399 e. The Morgan fingerprint density at radius 2 is 2.11 bits per heavy atom. The van der Waals surface area contributed by atoms with Crippen molar-refractivity contribution >= 4 is 17.7 Å². The zero-order chi connectivity index (χ0) is 13.7. The molecule has 0 bridgehead atoms. The van der Waals surface area contributed by atoms with Crippen LogP contribution >= 0.6 is 0 Å². The molecule has 4 nitrogen and oxygen atoms in total. The van der Waals surface area contributed by atoms with Crippen LogP contribution in [0.5, 0.6) is 0 Å². The Kier molecular flexibility index (Phi) is 4.58. The fraction of sp³-hybridized carbons (Fsp3) is 0.400. The number of rotatable bonds is 2. The van der Waals surface area contributed by atoms with Crippen LogP contribution in [0.2, 0.25) is 0 Å². The van der Waals surface area contributed by atoms with Gasteiger partial charge >= 0.3 is 0 Å². The molecule has 0 atom stereocenters. The number of benzene rings is 1. The van der Waals surface area contributed by atoms with Gasteiger partial charge in [0.25, 0.3) is 0 Å². The lowest BCUT2D eigenvalue weighted by Gasteiger charge is -2.18. The first-order valence-corrected chi connectivity index (χ1v) is 6.66. The molecule has 2 N–H and O–H groups in total. The summed E-state index contributed by atoms with van der Waals surface area (Å²) in [5.74, 6) is 0.0812. The molecule has 1 fully saturated rings. The van der Waals surface area contributed by atoms with Gasteiger partial charge in [0.15, 0.2) is 0 Å². The summed E-state index contributed by atoms with van der Waals surface area (Å²) in [7, 11) is 2.09. The van der Waals surface area contributed by atoms with Crippen molar-refractivity contribution in [1.82, 2.24) is 9.80 Å². The number of anilines is 1. The van der Waals surface area contributed by atoms with Gasteiger partial charge in [-0.05, 0) is 43.8 Å². The van der Waals surface area contributed by atoms with Crippen molar-refractivity contribution < 1.29 is 4.79 Å². The second kappa shape index (κ2) is 6.38. The predicted octanol–water partition coefficient (Wildman–Crippen LogP) is 1.45. The Morgan fingerprint density at radius 1 is 1.26 bits per heavy atom. The van der Waals surface area contributed by atoms with E-state index in [9.17, 15) is 4.79 Å². The molecule has 1 aromatic rings. The minimum atomic E-state index is 0.0812. The Hall–Kier alpha value is -1.81. The summed E-state index contributed by atoms with van der Waals surface area (Å²) in [4.78, 5) is 16.3. The van der Waals surface area contributed by atoms with Gasteiger partial charge in [-0.3, -0.25) is 4.79 Å². The van der Waals surface area contributed by atoms with Crippen LogP contribution in [0.15, 0.2) is 30.3 Å². The minimum Gasteiger partial charge on any atom is -0.399 e. The van der Waals surface area contributed by atoms with Crippen LogP contribution in [0.25, 0.3) is 6.08 Å². The van der Waals surface area contributed by atoms with Crippen molar-refractivity contribution in [2.24, 2.45) is 0 Å². The molecule has 19 heavy (non-hydrogen) atoms. The molecule has 0 saturated carbocycles. The molecule has 4 heteroatoms. The lowest BCUT2D eigenvalue weighted by molar-refractivity contribution is -0.125. The highest BCUT2D eigenvalue weighted by molar-refractivity contribution is 5.91. The summed E-state index contributed by atoms with van der Waals surface area (Å²) in [5.41, 5.74) is 7.38. The number of nitrogen functional groups attached to an aromatic ring is 1. The summed E-state index contributed by atoms with van der Waals surface area (Å²) >= 11 is 0. The third-order valence-electron chi connectivity index (χ3n) is 3.36. The number of nitrogens with two attached hydrogens (primary N) is 1. The Labute approximate surface area is 114 Å². The molecule has 1 aliphatic heterocycles. The van der Waals surface area contributed by atoms with Crippen LogP contribution in [0.3, 0.4) is 0 Å². The standard InChI is InChI=1S/C15H21N3O/c1-17-8-3-9-18(11-10-17)15(19)7-6-13-4-2-5-14(16)12-13/h2,4-7,12H,3,8-11,16H2,1H3/b7-6+. The first-order valence-electron chi connectivity index (χ1n) is 6.66. The van der Waals surface area contributed by atoms with Crippen molar-refractivity contribution in [2.45, 2.75) is 6.42 Å². The SMILES string of the molecule is CN1CCCN(C(=O)/C=C/c2cccc(N)c2)CC1. The van der Waals surface area contributed by atoms with E-state index in [0.29, 0.717) is 5.69 Å². The van der Waals surface area contributed by atoms with E-state index in [2.05, 4.69) is 11.9 Å². The van der Waals surface area contributed by atoms with E-state index in [1.54, 1.807) is 6.08 Å². The molecule has 1 aromatic carbocycles. The maximum absolute atomic E-state index is 12.1. The van der Waals surface area contributed by atoms with Gasteiger partial charge in [0, 0.05) is 31.4 Å². The van der Waals surface area contributed by atoms with Gasteiger partial charge in [0.05, 0.1) is 0 Å². The van der Waals surface area contributed by atoms with Crippen molar-refractivity contribution in [3.63, 3.8) is 0 Å². The van der Waals surface area contributed by atoms with Crippen LogP contribution in [0, 0.1) is 0 Å². The van der Waals surface area contributed by atoms with E-state index >= 15 is 0 Å². The molecular formula is C15H21N3O. The van der Waals surface area contributed by atoms with E-state index in [4.69, 9.17) is 5.73 Å². The average molecular weight is 259 g/mol. The summed E-state index contributed by atoms with van der Waals surface area (Å²) in [6.45, 7) is 3.64. The van der Waals surface area contributed by atoms with Crippen molar-refractivity contribution in [1.29, 1.82) is 0 Å². The topological polar surface area (TPSA) is 49.6 Å². The summed E-state index contributed by atoms with van der Waals surface area (Å²) in [6.07, 6.45) is 4.50. The molecule has 102 valence electrons. The van der Waals surface area contributed by atoms with E-state index < -0.39 is 0 Å². The summed E-state index contributed by atoms with van der Waals surface area (Å²) in [6, 6.07) is 7.53. The zero-order valence-corrected chi connectivity index (χ0v) is 11.4. The number of carbonyl (C=O) groups is 1. The normalized spacial score (nSPS) is 17.6. The highest BCUT2D eigenvalue weighted by Gasteiger charge is 2.14. The van der Waals surface area contributed by atoms with Crippen LogP contribution in [0.4, 0.5) is 5.69 Å². The number of amides is 1. The van der Waals surface area contributed by atoms with E-state index in [1.807, 2.05) is 35.2 Å². The van der Waals surface area contributed by atoms with Crippen LogP contribution in [-0.2, 0) is 4.79 Å². The molecule has 0 unspecified atom stereocenters. The van der Waals surface area contributed by atoms with Crippen molar-refractivity contribution in [2.75, 3.05) is 39.0 Å². The molecule has 1 aliphatic rings. The first-order chi connectivity index (χ1) is 9.15. The molecule has 0 aromatic heterocycles. The molecule has 0 radical (unpaired) electrons. The van der Waals surface area contributed by atoms with Gasteiger partial charge in [-0.25, -0.2) is 0 Å². The lowest BCUT2D eigenvalue weighted by atomic mass is 10.2. The van der Waals surface area contributed by atoms with Gasteiger partial charge in [-0.2, -0.15) is 0 Å². The third kappa shape index (κ3) is 4.10. The smallest absolute Gasteiger partial charge is 0.246 e. The zero-order valence-electron chi connectivity index (χ0n) is 11.4. The second-order valence-corrected chi connectivity index (χ2v) is 4.99. The molecule has 0 spiro atoms. The monoisotopic (exact) mass is 259 g/mol. The Balaban J connectivity index is 1.96. The number of carbonyl (C=O) groups excluding carboxylic acids is 1. The number of likely N-dealkylation sites (N-methyl/N-ethyl adjacent to an activating group) is 1. The molecule has 0 aliphatic carbocycles. The van der Waals surface area contributed by atoms with Gasteiger partial charge in [-0.1, -0.05) is 12.1 Å². The maximum Gasteiger partial charge on any atom is 0.246 e. The molecule has 1 amide bonds. The number of hydrogen-bond acceptors (Lipinski definition) is 3. The number of nitrogens with zero attached hydrogens (tertiary/aromatic N) is 2. The average Bonchev–Trinajstić information content (AvgIpc) is 2.61. The predicted molar refractivity (Wildman–Crippen MR) is 78.6 cm³/mol. The molecule has 1 saturated heterocycles.